The lowest BCUT2D eigenvalue weighted by molar-refractivity contribution is -0.164. The Hall–Kier alpha value is -1.56. The van der Waals surface area contributed by atoms with Gasteiger partial charge in [0.05, 0.1) is 7.11 Å². The predicted octanol–water partition coefficient (Wildman–Crippen LogP) is 3.47. The number of methoxy groups -OCH3 is 1. The molecule has 0 aliphatic heterocycles. The number of carbonyl (C=O) groups excluding carboxylic acids is 1. The smallest absolute Gasteiger partial charge is 0.407 e. The molecule has 0 radical (unpaired) electrons. The van der Waals surface area contributed by atoms with Crippen LogP contribution in [0.3, 0.4) is 0 Å². The Balaban J connectivity index is 3.01. The van der Waals surface area contributed by atoms with Gasteiger partial charge >= 0.3 is 12.1 Å². The van der Waals surface area contributed by atoms with Crippen LogP contribution in [0.5, 0.6) is 0 Å². The van der Waals surface area contributed by atoms with Gasteiger partial charge in [0.1, 0.15) is 12.1 Å². The number of carbonyl (C=O) groups is 1. The second-order valence-corrected chi connectivity index (χ2v) is 5.26. The van der Waals surface area contributed by atoms with Crippen LogP contribution in [-0.4, -0.2) is 25.3 Å². The van der Waals surface area contributed by atoms with E-state index in [2.05, 4.69) is 10.1 Å². The molecule has 0 fully saturated rings. The lowest BCUT2D eigenvalue weighted by Crippen LogP contribution is -2.45. The average molecular weight is 303 g/mol. The van der Waals surface area contributed by atoms with Gasteiger partial charge < -0.3 is 4.74 Å². The summed E-state index contributed by atoms with van der Waals surface area (Å²) in [4.78, 5) is 11.7. The number of hydrogen-bond acceptors (Lipinski definition) is 3. The molecule has 0 bridgehead atoms. The highest BCUT2D eigenvalue weighted by atomic mass is 19.4. The maximum absolute atomic E-state index is 13.3. The van der Waals surface area contributed by atoms with Crippen LogP contribution in [0.4, 0.5) is 13.2 Å². The molecule has 0 aromatic heterocycles. The van der Waals surface area contributed by atoms with Gasteiger partial charge in [-0.1, -0.05) is 44.2 Å². The zero-order valence-electron chi connectivity index (χ0n) is 12.3. The van der Waals surface area contributed by atoms with E-state index in [0.717, 1.165) is 0 Å². The molecule has 118 valence electrons. The van der Waals surface area contributed by atoms with Gasteiger partial charge in [0.2, 0.25) is 0 Å². The van der Waals surface area contributed by atoms with Crippen LogP contribution in [0.1, 0.15) is 31.9 Å². The van der Waals surface area contributed by atoms with Crippen molar-refractivity contribution < 1.29 is 22.7 Å². The second kappa shape index (κ2) is 7.45. The number of hydrogen-bond donors (Lipinski definition) is 1. The average Bonchev–Trinajstić information content (AvgIpc) is 2.41. The van der Waals surface area contributed by atoms with Crippen molar-refractivity contribution in [2.75, 3.05) is 7.11 Å². The van der Waals surface area contributed by atoms with Crippen molar-refractivity contribution in [3.63, 3.8) is 0 Å². The SMILES string of the molecule is COC(=O)[C@H](CC(C)C)N[C@@H](c1ccccc1)C(F)(F)F. The molecule has 0 saturated heterocycles. The van der Waals surface area contributed by atoms with Crippen molar-refractivity contribution in [1.29, 1.82) is 0 Å². The van der Waals surface area contributed by atoms with Crippen molar-refractivity contribution in [3.8, 4) is 0 Å². The molecular weight excluding hydrogens is 283 g/mol. The normalized spacial score (nSPS) is 14.8. The van der Waals surface area contributed by atoms with Crippen molar-refractivity contribution in [3.05, 3.63) is 35.9 Å². The standard InChI is InChI=1S/C15H20F3NO2/c1-10(2)9-12(14(20)21-3)19-13(15(16,17)18)11-7-5-4-6-8-11/h4-8,10,12-13,19H,9H2,1-3H3/t12-,13-/m0/s1. The van der Waals surface area contributed by atoms with Gasteiger partial charge in [0.25, 0.3) is 0 Å². The fraction of sp³-hybridized carbons (Fsp3) is 0.533. The first kappa shape index (κ1) is 17.5. The van der Waals surface area contributed by atoms with Crippen LogP contribution < -0.4 is 5.32 Å². The third kappa shape index (κ3) is 5.38. The Kier molecular flexibility index (Phi) is 6.20. The zero-order chi connectivity index (χ0) is 16.0. The Morgan fingerprint density at radius 3 is 2.24 bits per heavy atom. The molecule has 0 amide bonds. The van der Waals surface area contributed by atoms with E-state index in [1.165, 1.54) is 31.4 Å². The van der Waals surface area contributed by atoms with Crippen molar-refractivity contribution in [1.82, 2.24) is 5.32 Å². The first-order chi connectivity index (χ1) is 9.75. The van der Waals surface area contributed by atoms with Gasteiger partial charge in [-0.15, -0.1) is 0 Å². The van der Waals surface area contributed by atoms with Crippen LogP contribution in [0.2, 0.25) is 0 Å². The molecule has 0 unspecified atom stereocenters. The van der Waals surface area contributed by atoms with E-state index in [4.69, 9.17) is 0 Å². The minimum Gasteiger partial charge on any atom is -0.468 e. The fourth-order valence-electron chi connectivity index (χ4n) is 2.07. The van der Waals surface area contributed by atoms with Crippen LogP contribution in [0, 0.1) is 5.92 Å². The summed E-state index contributed by atoms with van der Waals surface area (Å²) in [7, 11) is 1.17. The minimum atomic E-state index is -4.50. The molecule has 2 atom stereocenters. The maximum Gasteiger partial charge on any atom is 0.407 e. The van der Waals surface area contributed by atoms with Gasteiger partial charge in [-0.2, -0.15) is 13.2 Å². The summed E-state index contributed by atoms with van der Waals surface area (Å²) in [5.41, 5.74) is 0.0719. The van der Waals surface area contributed by atoms with E-state index in [1.54, 1.807) is 6.07 Å². The molecule has 0 spiro atoms. The number of halogens is 3. The van der Waals surface area contributed by atoms with E-state index in [9.17, 15) is 18.0 Å². The van der Waals surface area contributed by atoms with E-state index < -0.39 is 24.2 Å². The summed E-state index contributed by atoms with van der Waals surface area (Å²) >= 11 is 0. The van der Waals surface area contributed by atoms with Gasteiger partial charge in [0, 0.05) is 0 Å². The fourth-order valence-corrected chi connectivity index (χ4v) is 2.07. The van der Waals surface area contributed by atoms with E-state index in [-0.39, 0.29) is 17.9 Å². The molecule has 1 N–H and O–H groups in total. The highest BCUT2D eigenvalue weighted by Crippen LogP contribution is 2.33. The molecule has 0 aliphatic carbocycles. The topological polar surface area (TPSA) is 38.3 Å². The summed E-state index contributed by atoms with van der Waals surface area (Å²) in [6, 6.07) is 4.58. The van der Waals surface area contributed by atoms with Crippen LogP contribution in [0.25, 0.3) is 0 Å². The van der Waals surface area contributed by atoms with E-state index in [0.29, 0.717) is 0 Å². The summed E-state index contributed by atoms with van der Waals surface area (Å²) in [5.74, 6) is -0.625. The molecule has 6 heteroatoms. The Morgan fingerprint density at radius 1 is 1.24 bits per heavy atom. The second-order valence-electron chi connectivity index (χ2n) is 5.26. The lowest BCUT2D eigenvalue weighted by Gasteiger charge is -2.27. The van der Waals surface area contributed by atoms with Gasteiger partial charge in [-0.3, -0.25) is 10.1 Å². The highest BCUT2D eigenvalue weighted by Gasteiger charge is 2.42. The number of esters is 1. The lowest BCUT2D eigenvalue weighted by atomic mass is 10.0. The van der Waals surface area contributed by atoms with Gasteiger partial charge in [-0.25, -0.2) is 0 Å². The Bertz CT molecular complexity index is 446. The first-order valence-corrected chi connectivity index (χ1v) is 6.71. The summed E-state index contributed by atoms with van der Waals surface area (Å²) in [5, 5.41) is 2.39. The molecule has 0 aliphatic rings. The minimum absolute atomic E-state index is 0.0613. The van der Waals surface area contributed by atoms with Crippen molar-refractivity contribution >= 4 is 5.97 Å². The number of nitrogens with one attached hydrogen (secondary N) is 1. The number of ether oxygens (including phenoxy) is 1. The number of rotatable bonds is 6. The molecule has 21 heavy (non-hydrogen) atoms. The van der Waals surface area contributed by atoms with Crippen molar-refractivity contribution in [2.45, 2.75) is 38.5 Å². The number of benzene rings is 1. The number of alkyl halides is 3. The first-order valence-electron chi connectivity index (χ1n) is 6.71. The largest absolute Gasteiger partial charge is 0.468 e. The van der Waals surface area contributed by atoms with Gasteiger partial charge in [-0.05, 0) is 17.9 Å². The van der Waals surface area contributed by atoms with Crippen LogP contribution in [0.15, 0.2) is 30.3 Å². The van der Waals surface area contributed by atoms with E-state index >= 15 is 0 Å². The Labute approximate surface area is 122 Å². The molecular formula is C15H20F3NO2. The quantitative estimate of drug-likeness (QED) is 0.818. The van der Waals surface area contributed by atoms with E-state index in [1.807, 2.05) is 13.8 Å². The van der Waals surface area contributed by atoms with Crippen molar-refractivity contribution in [2.24, 2.45) is 5.92 Å². The molecule has 1 rings (SSSR count). The third-order valence-corrected chi connectivity index (χ3v) is 3.02. The van der Waals surface area contributed by atoms with Crippen LogP contribution in [-0.2, 0) is 9.53 Å². The maximum atomic E-state index is 13.3. The highest BCUT2D eigenvalue weighted by molar-refractivity contribution is 5.75. The monoisotopic (exact) mass is 303 g/mol. The predicted molar refractivity (Wildman–Crippen MR) is 73.6 cm³/mol. The molecule has 3 nitrogen and oxygen atoms in total. The summed E-state index contributed by atoms with van der Waals surface area (Å²) in [6.07, 6.45) is -4.23. The molecule has 1 aromatic rings. The molecule has 0 saturated carbocycles. The summed E-state index contributed by atoms with van der Waals surface area (Å²) in [6.45, 7) is 3.67. The molecule has 1 aromatic carbocycles. The summed E-state index contributed by atoms with van der Waals surface area (Å²) < 4.78 is 44.4. The van der Waals surface area contributed by atoms with Gasteiger partial charge in [0.15, 0.2) is 0 Å². The Morgan fingerprint density at radius 2 is 1.81 bits per heavy atom. The van der Waals surface area contributed by atoms with Crippen LogP contribution >= 0.6 is 0 Å². The third-order valence-electron chi connectivity index (χ3n) is 3.02. The molecule has 0 heterocycles. The zero-order valence-corrected chi connectivity index (χ0v) is 12.3.